The summed E-state index contributed by atoms with van der Waals surface area (Å²) in [6, 6.07) is 16.6. The predicted octanol–water partition coefficient (Wildman–Crippen LogP) is 4.40. The Morgan fingerprint density at radius 2 is 2.03 bits per heavy atom. The maximum Gasteiger partial charge on any atom is 0.123 e. The number of nitrogens with one attached hydrogen (secondary N) is 1. The lowest BCUT2D eigenvalue weighted by Gasteiger charge is -2.15. The summed E-state index contributed by atoms with van der Waals surface area (Å²) >= 11 is 0. The molecule has 0 unspecified atom stereocenters. The Morgan fingerprint density at radius 1 is 1.21 bits per heavy atom. The van der Waals surface area contributed by atoms with Gasteiger partial charge in [0.15, 0.2) is 0 Å². The zero-order valence-electron chi connectivity index (χ0n) is 16.3. The Bertz CT molecular complexity index is 1150. The third-order valence-electron chi connectivity index (χ3n) is 5.07. The van der Waals surface area contributed by atoms with Crippen LogP contribution in [0, 0.1) is 17.1 Å². The monoisotopic (exact) mass is 387 g/mol. The molecule has 0 saturated carbocycles. The number of benzene rings is 1. The van der Waals surface area contributed by atoms with Gasteiger partial charge in [-0.3, -0.25) is 5.10 Å². The van der Waals surface area contributed by atoms with Crippen molar-refractivity contribution < 1.29 is 4.39 Å². The molecule has 0 bridgehead atoms. The average Bonchev–Trinajstić information content (AvgIpc) is 3.32. The fourth-order valence-corrected chi connectivity index (χ4v) is 3.59. The highest BCUT2D eigenvalue weighted by Crippen LogP contribution is 2.20. The number of aromatic nitrogens is 3. The maximum atomic E-state index is 13.1. The number of rotatable bonds is 7. The molecule has 0 aliphatic heterocycles. The van der Waals surface area contributed by atoms with E-state index in [1.54, 1.807) is 12.1 Å². The van der Waals surface area contributed by atoms with Gasteiger partial charge in [-0.2, -0.15) is 10.4 Å². The van der Waals surface area contributed by atoms with Crippen LogP contribution in [-0.2, 0) is 13.0 Å². The van der Waals surface area contributed by atoms with Crippen LogP contribution in [0.4, 0.5) is 4.39 Å². The Kier molecular flexibility index (Phi) is 5.41. The number of nitriles is 1. The predicted molar refractivity (Wildman–Crippen MR) is 111 cm³/mol. The molecular weight excluding hydrogens is 365 g/mol. The fraction of sp³-hybridized carbons (Fsp3) is 0.217. The minimum absolute atomic E-state index is 0.247. The molecule has 0 radical (unpaired) electrons. The molecule has 3 aromatic heterocycles. The standard InChI is InChI=1S/C23H22FN5/c1-28(15-18-16-29-12-3-2-6-23(29)21(18)14-25)11-4-5-20-13-22(27-26-20)17-7-9-19(24)10-8-17/h2-3,6-10,12-13,16H,4-5,11,15H2,1H3,(H,26,27). The molecule has 4 aromatic rings. The van der Waals surface area contributed by atoms with E-state index < -0.39 is 0 Å². The fourth-order valence-electron chi connectivity index (χ4n) is 3.59. The zero-order valence-corrected chi connectivity index (χ0v) is 16.3. The topological polar surface area (TPSA) is 60.1 Å². The van der Waals surface area contributed by atoms with E-state index in [1.165, 1.54) is 12.1 Å². The quantitative estimate of drug-likeness (QED) is 0.511. The molecule has 29 heavy (non-hydrogen) atoms. The SMILES string of the molecule is CN(CCCc1cc(-c2ccc(F)cc2)n[nH]1)Cc1cn2ccccc2c1C#N. The molecule has 5 nitrogen and oxygen atoms in total. The lowest BCUT2D eigenvalue weighted by atomic mass is 10.1. The van der Waals surface area contributed by atoms with Gasteiger partial charge in [-0.05, 0) is 68.9 Å². The number of hydrogen-bond acceptors (Lipinski definition) is 3. The number of aromatic amines is 1. The minimum atomic E-state index is -0.247. The van der Waals surface area contributed by atoms with Crippen LogP contribution in [0.5, 0.6) is 0 Å². The summed E-state index contributed by atoms with van der Waals surface area (Å²) in [6.45, 7) is 1.64. The van der Waals surface area contributed by atoms with E-state index in [9.17, 15) is 9.65 Å². The Morgan fingerprint density at radius 3 is 2.83 bits per heavy atom. The number of H-pyrrole nitrogens is 1. The second kappa shape index (κ2) is 8.29. The van der Waals surface area contributed by atoms with Crippen molar-refractivity contribution in [3.63, 3.8) is 0 Å². The first-order valence-corrected chi connectivity index (χ1v) is 9.61. The van der Waals surface area contributed by atoms with Crippen molar-refractivity contribution in [2.24, 2.45) is 0 Å². The highest BCUT2D eigenvalue weighted by atomic mass is 19.1. The van der Waals surface area contributed by atoms with Gasteiger partial charge in [0.1, 0.15) is 11.9 Å². The second-order valence-electron chi connectivity index (χ2n) is 7.26. The molecule has 0 saturated heterocycles. The van der Waals surface area contributed by atoms with Crippen molar-refractivity contribution in [1.29, 1.82) is 5.26 Å². The van der Waals surface area contributed by atoms with E-state index in [0.29, 0.717) is 0 Å². The number of fused-ring (bicyclic) bond motifs is 1. The molecule has 6 heteroatoms. The van der Waals surface area contributed by atoms with E-state index in [1.807, 2.05) is 41.1 Å². The van der Waals surface area contributed by atoms with Crippen LogP contribution in [0.2, 0.25) is 0 Å². The van der Waals surface area contributed by atoms with E-state index in [2.05, 4.69) is 28.2 Å². The van der Waals surface area contributed by atoms with Crippen molar-refractivity contribution in [3.8, 4) is 17.3 Å². The lowest BCUT2D eigenvalue weighted by Crippen LogP contribution is -2.19. The molecular formula is C23H22FN5. The molecule has 3 heterocycles. The van der Waals surface area contributed by atoms with Crippen LogP contribution in [0.25, 0.3) is 16.8 Å². The van der Waals surface area contributed by atoms with E-state index in [-0.39, 0.29) is 5.82 Å². The number of halogens is 1. The normalized spacial score (nSPS) is 11.2. The summed E-state index contributed by atoms with van der Waals surface area (Å²) in [7, 11) is 2.07. The summed E-state index contributed by atoms with van der Waals surface area (Å²) in [5, 5.41) is 16.9. The summed E-state index contributed by atoms with van der Waals surface area (Å²) in [6.07, 6.45) is 5.85. The Labute approximate surface area is 169 Å². The maximum absolute atomic E-state index is 13.1. The first kappa shape index (κ1) is 18.9. The molecule has 1 aromatic carbocycles. The molecule has 146 valence electrons. The molecule has 1 N–H and O–H groups in total. The van der Waals surface area contributed by atoms with Crippen LogP contribution < -0.4 is 0 Å². The molecule has 4 rings (SSSR count). The van der Waals surface area contributed by atoms with Gasteiger partial charge in [-0.25, -0.2) is 4.39 Å². The summed E-state index contributed by atoms with van der Waals surface area (Å²) in [5.74, 6) is -0.247. The first-order valence-electron chi connectivity index (χ1n) is 9.61. The van der Waals surface area contributed by atoms with E-state index in [0.717, 1.165) is 59.5 Å². The van der Waals surface area contributed by atoms with Gasteiger partial charge < -0.3 is 9.30 Å². The third kappa shape index (κ3) is 4.20. The van der Waals surface area contributed by atoms with Gasteiger partial charge in [0.25, 0.3) is 0 Å². The second-order valence-corrected chi connectivity index (χ2v) is 7.26. The highest BCUT2D eigenvalue weighted by molar-refractivity contribution is 5.65. The first-order chi connectivity index (χ1) is 14.1. The van der Waals surface area contributed by atoms with E-state index >= 15 is 0 Å². The summed E-state index contributed by atoms with van der Waals surface area (Å²) < 4.78 is 15.1. The van der Waals surface area contributed by atoms with Gasteiger partial charge >= 0.3 is 0 Å². The van der Waals surface area contributed by atoms with Gasteiger partial charge in [0, 0.05) is 35.8 Å². The molecule has 0 atom stereocenters. The van der Waals surface area contributed by atoms with Crippen molar-refractivity contribution in [3.05, 3.63) is 83.6 Å². The summed E-state index contributed by atoms with van der Waals surface area (Å²) in [4.78, 5) is 2.23. The van der Waals surface area contributed by atoms with Crippen LogP contribution in [0.3, 0.4) is 0 Å². The highest BCUT2D eigenvalue weighted by Gasteiger charge is 2.12. The van der Waals surface area contributed by atoms with Gasteiger partial charge in [-0.1, -0.05) is 6.07 Å². The Hall–Kier alpha value is -3.43. The smallest absolute Gasteiger partial charge is 0.123 e. The van der Waals surface area contributed by atoms with E-state index in [4.69, 9.17) is 0 Å². The average molecular weight is 387 g/mol. The van der Waals surface area contributed by atoms with Crippen LogP contribution in [0.15, 0.2) is 60.9 Å². The molecule has 0 aliphatic carbocycles. The van der Waals surface area contributed by atoms with Crippen molar-refractivity contribution in [1.82, 2.24) is 19.5 Å². The number of hydrogen-bond donors (Lipinski definition) is 1. The Balaban J connectivity index is 1.33. The zero-order chi connectivity index (χ0) is 20.2. The minimum Gasteiger partial charge on any atom is -0.322 e. The third-order valence-corrected chi connectivity index (χ3v) is 5.07. The molecule has 0 aliphatic rings. The molecule has 0 spiro atoms. The van der Waals surface area contributed by atoms with Crippen molar-refractivity contribution in [2.75, 3.05) is 13.6 Å². The number of nitrogens with zero attached hydrogens (tertiary/aromatic N) is 4. The van der Waals surface area contributed by atoms with Crippen LogP contribution in [-0.4, -0.2) is 33.1 Å². The van der Waals surface area contributed by atoms with Crippen molar-refractivity contribution in [2.45, 2.75) is 19.4 Å². The molecule has 0 fully saturated rings. The van der Waals surface area contributed by atoms with Gasteiger partial charge in [0.05, 0.1) is 16.8 Å². The number of aryl methyl sites for hydroxylation is 1. The summed E-state index contributed by atoms with van der Waals surface area (Å²) in [5.41, 5.74) is 5.52. The lowest BCUT2D eigenvalue weighted by molar-refractivity contribution is 0.321. The van der Waals surface area contributed by atoms with Gasteiger partial charge in [-0.15, -0.1) is 0 Å². The van der Waals surface area contributed by atoms with Crippen LogP contribution in [0.1, 0.15) is 23.2 Å². The van der Waals surface area contributed by atoms with Crippen molar-refractivity contribution >= 4 is 5.52 Å². The largest absolute Gasteiger partial charge is 0.322 e. The molecule has 0 amide bonds. The number of pyridine rings is 1. The van der Waals surface area contributed by atoms with Gasteiger partial charge in [0.2, 0.25) is 0 Å². The van der Waals surface area contributed by atoms with Crippen LogP contribution >= 0.6 is 0 Å².